The molecule has 2 aromatic rings. The predicted octanol–water partition coefficient (Wildman–Crippen LogP) is 8.78. The van der Waals surface area contributed by atoms with E-state index in [0.717, 1.165) is 48.3 Å². The number of urea groups is 1. The van der Waals surface area contributed by atoms with E-state index in [1.165, 1.54) is 18.6 Å². The minimum Gasteiger partial charge on any atom is -0.444 e. The van der Waals surface area contributed by atoms with Crippen LogP contribution in [0.4, 0.5) is 14.0 Å². The van der Waals surface area contributed by atoms with Gasteiger partial charge < -0.3 is 30.0 Å². The molecule has 5 atom stereocenters. The topological polar surface area (TPSA) is 155 Å². The van der Waals surface area contributed by atoms with Crippen molar-refractivity contribution in [2.75, 3.05) is 24.6 Å². The molecule has 2 aliphatic rings. The Kier molecular flexibility index (Phi) is 19.8. The molecule has 12 nitrogen and oxygen atoms in total. The molecule has 4 N–H and O–H groups in total. The molecule has 2 fully saturated rings. The Morgan fingerprint density at radius 2 is 1.41 bits per heavy atom. The molecular formula is C49H76FN5O7SSi. The summed E-state index contributed by atoms with van der Waals surface area (Å²) in [6.07, 6.45) is 5.41. The first kappa shape index (κ1) is 52.7. The van der Waals surface area contributed by atoms with Crippen LogP contribution >= 0.6 is 11.8 Å². The highest BCUT2D eigenvalue weighted by atomic mass is 32.2. The van der Waals surface area contributed by atoms with Crippen molar-refractivity contribution in [3.63, 3.8) is 0 Å². The second kappa shape index (κ2) is 24.0. The molecule has 1 aliphatic carbocycles. The summed E-state index contributed by atoms with van der Waals surface area (Å²) < 4.78 is 27.3. The fraction of sp³-hybridized carbons (Fsp3) is 0.653. The van der Waals surface area contributed by atoms with Crippen LogP contribution in [0.25, 0.3) is 0 Å². The van der Waals surface area contributed by atoms with Gasteiger partial charge in [0.05, 0.1) is 12.1 Å². The van der Waals surface area contributed by atoms with E-state index >= 15 is 0 Å². The Balaban J connectivity index is 1.69. The smallest absolute Gasteiger partial charge is 0.407 e. The summed E-state index contributed by atoms with van der Waals surface area (Å²) in [6.45, 7) is 20.9. The lowest BCUT2D eigenvalue weighted by atomic mass is 9.82. The average molecular weight is 926 g/mol. The number of alkyl carbamates (subject to hydrolysis) is 1. The molecule has 1 saturated carbocycles. The molecule has 2 aromatic carbocycles. The third-order valence-electron chi connectivity index (χ3n) is 12.7. The van der Waals surface area contributed by atoms with E-state index in [1.54, 1.807) is 28.8 Å². The maximum atomic E-state index is 14.9. The van der Waals surface area contributed by atoms with Crippen LogP contribution in [0.5, 0.6) is 0 Å². The molecule has 0 aromatic heterocycles. The second-order valence-electron chi connectivity index (χ2n) is 20.5. The largest absolute Gasteiger partial charge is 0.444 e. The summed E-state index contributed by atoms with van der Waals surface area (Å²) in [5.41, 5.74) is 0.763. The number of thioether (sulfide) groups is 1. The zero-order valence-corrected chi connectivity index (χ0v) is 41.8. The van der Waals surface area contributed by atoms with Gasteiger partial charge in [0.15, 0.2) is 8.32 Å². The number of benzene rings is 2. The number of amides is 6. The highest BCUT2D eigenvalue weighted by Crippen LogP contribution is 2.40. The number of carbonyl (C=O) groups is 5. The summed E-state index contributed by atoms with van der Waals surface area (Å²) >= 11 is 1.74. The first-order valence-electron chi connectivity index (χ1n) is 23.2. The number of rotatable bonds is 18. The monoisotopic (exact) mass is 926 g/mol. The maximum absolute atomic E-state index is 14.9. The standard InChI is InChI=1S/C49H76FN5O7SSi/c1-33(2)42(45(58)51-40(31-35-19-15-12-16-20-35)44(57)54-46(59)55-25-27-63-28-26-55)53-43(56)37(29-36-21-23-38(50)24-22-36)32-41(62-64(9,10)49(6,7)8)39(30-34-17-13-11-14-18-34)52-47(60)61-48(3,4)5/h12,15-16,19-24,33-34,37,39-42H,11,13-14,17-18,25-32H2,1-10H3,(H,51,58)(H,52,60)(H,53,56)(H,54,57,59). The lowest BCUT2D eigenvalue weighted by molar-refractivity contribution is -0.134. The third-order valence-corrected chi connectivity index (χ3v) is 18.1. The van der Waals surface area contributed by atoms with Crippen LogP contribution in [-0.4, -0.2) is 97.5 Å². The van der Waals surface area contributed by atoms with Crippen molar-refractivity contribution in [3.8, 4) is 0 Å². The molecule has 4 rings (SSSR count). The number of ether oxygens (including phenoxy) is 1. The zero-order chi connectivity index (χ0) is 47.2. The normalized spacial score (nSPS) is 17.7. The molecule has 5 unspecified atom stereocenters. The maximum Gasteiger partial charge on any atom is 0.407 e. The Bertz CT molecular complexity index is 1830. The van der Waals surface area contributed by atoms with E-state index in [0.29, 0.717) is 25.4 Å². The van der Waals surface area contributed by atoms with Crippen LogP contribution in [0, 0.1) is 23.6 Å². The fourth-order valence-electron chi connectivity index (χ4n) is 8.03. The van der Waals surface area contributed by atoms with Gasteiger partial charge in [0.25, 0.3) is 5.91 Å². The first-order valence-corrected chi connectivity index (χ1v) is 27.3. The van der Waals surface area contributed by atoms with Crippen molar-refractivity contribution >= 4 is 49.9 Å². The minimum absolute atomic E-state index is 0.118. The van der Waals surface area contributed by atoms with Crippen molar-refractivity contribution in [2.45, 2.75) is 161 Å². The van der Waals surface area contributed by atoms with Gasteiger partial charge in [0.1, 0.15) is 23.5 Å². The SMILES string of the molecule is CC(C)C(NC(=O)C(Cc1ccc(F)cc1)CC(O[Si](C)(C)C(C)(C)C)C(CC1CCCCC1)NC(=O)OC(C)(C)C)C(=O)NC(Cc1ccccc1)C(=O)NC(=O)N1CCSCC1. The lowest BCUT2D eigenvalue weighted by Gasteiger charge is -2.43. The van der Waals surface area contributed by atoms with Gasteiger partial charge in [-0.15, -0.1) is 0 Å². The molecule has 64 heavy (non-hydrogen) atoms. The summed E-state index contributed by atoms with van der Waals surface area (Å²) in [5.74, 6) is -1.34. The quantitative estimate of drug-likeness (QED) is 0.108. The molecule has 0 bridgehead atoms. The van der Waals surface area contributed by atoms with Crippen molar-refractivity contribution in [2.24, 2.45) is 17.8 Å². The minimum atomic E-state index is -2.55. The van der Waals surface area contributed by atoms with Crippen LogP contribution in [0.15, 0.2) is 54.6 Å². The van der Waals surface area contributed by atoms with Gasteiger partial charge in [-0.1, -0.05) is 109 Å². The van der Waals surface area contributed by atoms with Crippen LogP contribution in [-0.2, 0) is 36.4 Å². The van der Waals surface area contributed by atoms with E-state index in [2.05, 4.69) is 55.1 Å². The van der Waals surface area contributed by atoms with Gasteiger partial charge in [-0.25, -0.2) is 14.0 Å². The Morgan fingerprint density at radius 1 is 0.797 bits per heavy atom. The molecule has 6 amide bonds. The molecular weight excluding hydrogens is 850 g/mol. The lowest BCUT2D eigenvalue weighted by Crippen LogP contribution is -2.58. The number of nitrogens with zero attached hydrogens (tertiary/aromatic N) is 1. The van der Waals surface area contributed by atoms with Gasteiger partial charge in [-0.3, -0.25) is 19.7 Å². The highest BCUT2D eigenvalue weighted by Gasteiger charge is 2.43. The highest BCUT2D eigenvalue weighted by molar-refractivity contribution is 7.99. The van der Waals surface area contributed by atoms with Crippen molar-refractivity contribution < 1.29 is 37.5 Å². The summed E-state index contributed by atoms with van der Waals surface area (Å²) in [4.78, 5) is 71.5. The molecule has 1 aliphatic heterocycles. The molecule has 15 heteroatoms. The summed E-state index contributed by atoms with van der Waals surface area (Å²) in [6, 6.07) is 12.1. The van der Waals surface area contributed by atoms with E-state index in [-0.39, 0.29) is 24.3 Å². The first-order chi connectivity index (χ1) is 30.0. The van der Waals surface area contributed by atoms with Crippen LogP contribution in [0.3, 0.4) is 0 Å². The van der Waals surface area contributed by atoms with Crippen molar-refractivity contribution in [1.29, 1.82) is 0 Å². The van der Waals surface area contributed by atoms with Crippen LogP contribution < -0.4 is 21.3 Å². The van der Waals surface area contributed by atoms with Crippen LogP contribution in [0.2, 0.25) is 18.1 Å². The van der Waals surface area contributed by atoms with Gasteiger partial charge in [0, 0.05) is 36.9 Å². The molecule has 356 valence electrons. The molecule has 1 heterocycles. The summed E-state index contributed by atoms with van der Waals surface area (Å²) in [7, 11) is -2.55. The third kappa shape index (κ3) is 17.1. The van der Waals surface area contributed by atoms with E-state index in [9.17, 15) is 28.4 Å². The number of nitrogens with one attached hydrogen (secondary N) is 4. The molecule has 0 spiro atoms. The van der Waals surface area contributed by atoms with E-state index in [1.807, 2.05) is 65.0 Å². The molecule has 1 saturated heterocycles. The number of hydrogen-bond donors (Lipinski definition) is 4. The van der Waals surface area contributed by atoms with Crippen molar-refractivity contribution in [1.82, 2.24) is 26.2 Å². The van der Waals surface area contributed by atoms with Gasteiger partial charge in [0.2, 0.25) is 11.8 Å². The summed E-state index contributed by atoms with van der Waals surface area (Å²) in [5, 5.41) is 11.4. The Labute approximate surface area is 387 Å². The molecule has 0 radical (unpaired) electrons. The Hall–Kier alpha value is -3.95. The second-order valence-corrected chi connectivity index (χ2v) is 26.5. The predicted molar refractivity (Wildman–Crippen MR) is 256 cm³/mol. The number of carbonyl (C=O) groups excluding carboxylic acids is 5. The van der Waals surface area contributed by atoms with Gasteiger partial charge in [-0.05, 0) is 93.3 Å². The Morgan fingerprint density at radius 3 is 1.98 bits per heavy atom. The van der Waals surface area contributed by atoms with Crippen LogP contribution in [0.1, 0.15) is 111 Å². The number of halogens is 1. The van der Waals surface area contributed by atoms with E-state index < -0.39 is 85.6 Å². The van der Waals surface area contributed by atoms with Gasteiger partial charge in [-0.2, -0.15) is 11.8 Å². The zero-order valence-electron chi connectivity index (χ0n) is 40.0. The number of hydrogen-bond acceptors (Lipinski definition) is 8. The average Bonchev–Trinajstić information content (AvgIpc) is 3.22. The van der Waals surface area contributed by atoms with E-state index in [4.69, 9.17) is 9.16 Å². The fourth-order valence-corrected chi connectivity index (χ4v) is 10.3. The number of imide groups is 1. The van der Waals surface area contributed by atoms with Gasteiger partial charge >= 0.3 is 12.1 Å². The van der Waals surface area contributed by atoms with Crippen molar-refractivity contribution in [3.05, 3.63) is 71.5 Å².